The van der Waals surface area contributed by atoms with Crippen LogP contribution in [0.2, 0.25) is 0 Å². The van der Waals surface area contributed by atoms with Crippen molar-refractivity contribution in [3.05, 3.63) is 23.3 Å². The summed E-state index contributed by atoms with van der Waals surface area (Å²) < 4.78 is 0. The molecule has 11 heavy (non-hydrogen) atoms. The van der Waals surface area contributed by atoms with Crippen LogP contribution >= 0.6 is 0 Å². The molecular formula is C9H14N2. The van der Waals surface area contributed by atoms with Crippen molar-refractivity contribution in [3.8, 4) is 0 Å². The monoisotopic (exact) mass is 150 g/mol. The molecule has 0 amide bonds. The lowest BCUT2D eigenvalue weighted by molar-refractivity contribution is 1.32. The topological polar surface area (TPSA) is 38.0 Å². The summed E-state index contributed by atoms with van der Waals surface area (Å²) in [5.74, 6) is 0. The molecule has 3 N–H and O–H groups in total. The lowest BCUT2D eigenvalue weighted by atomic mass is 10.1. The molecule has 1 aromatic rings. The zero-order valence-corrected chi connectivity index (χ0v) is 7.23. The van der Waals surface area contributed by atoms with E-state index in [0.717, 1.165) is 11.4 Å². The van der Waals surface area contributed by atoms with Gasteiger partial charge in [-0.1, -0.05) is 6.07 Å². The molecule has 0 fully saturated rings. The van der Waals surface area contributed by atoms with Crippen LogP contribution in [0.1, 0.15) is 11.1 Å². The van der Waals surface area contributed by atoms with Crippen LogP contribution in [0, 0.1) is 13.8 Å². The Morgan fingerprint density at radius 1 is 1.27 bits per heavy atom. The first-order valence-electron chi connectivity index (χ1n) is 3.70. The van der Waals surface area contributed by atoms with Crippen molar-refractivity contribution < 1.29 is 0 Å². The fraction of sp³-hybridized carbons (Fsp3) is 0.333. The summed E-state index contributed by atoms with van der Waals surface area (Å²) in [7, 11) is 1.89. The Kier molecular flexibility index (Phi) is 2.03. The highest BCUT2D eigenvalue weighted by Crippen LogP contribution is 2.24. The van der Waals surface area contributed by atoms with Crippen molar-refractivity contribution >= 4 is 11.4 Å². The number of hydrogen-bond acceptors (Lipinski definition) is 2. The first kappa shape index (κ1) is 7.92. The zero-order chi connectivity index (χ0) is 8.43. The number of hydrogen-bond donors (Lipinski definition) is 2. The second kappa shape index (κ2) is 2.82. The third kappa shape index (κ3) is 1.29. The van der Waals surface area contributed by atoms with Crippen molar-refractivity contribution in [2.45, 2.75) is 13.8 Å². The fourth-order valence-corrected chi connectivity index (χ4v) is 1.17. The molecule has 1 rings (SSSR count). The summed E-state index contributed by atoms with van der Waals surface area (Å²) in [6, 6.07) is 3.96. The third-order valence-corrected chi connectivity index (χ3v) is 2.02. The zero-order valence-electron chi connectivity index (χ0n) is 7.23. The van der Waals surface area contributed by atoms with E-state index in [1.165, 1.54) is 11.1 Å². The maximum Gasteiger partial charge on any atom is 0.0603 e. The molecule has 0 saturated heterocycles. The van der Waals surface area contributed by atoms with E-state index in [2.05, 4.69) is 19.2 Å². The van der Waals surface area contributed by atoms with Gasteiger partial charge in [-0.25, -0.2) is 0 Å². The molecule has 2 heteroatoms. The van der Waals surface area contributed by atoms with Gasteiger partial charge in [0.05, 0.1) is 11.4 Å². The number of nitrogens with two attached hydrogens (primary N) is 1. The van der Waals surface area contributed by atoms with Gasteiger partial charge in [0.15, 0.2) is 0 Å². The first-order chi connectivity index (χ1) is 5.16. The van der Waals surface area contributed by atoms with Crippen LogP contribution in [0.15, 0.2) is 12.1 Å². The van der Waals surface area contributed by atoms with Crippen molar-refractivity contribution in [3.63, 3.8) is 0 Å². The smallest absolute Gasteiger partial charge is 0.0603 e. The molecule has 0 heterocycles. The molecule has 0 radical (unpaired) electrons. The molecule has 0 aliphatic rings. The molecule has 2 nitrogen and oxygen atoms in total. The van der Waals surface area contributed by atoms with Crippen LogP contribution in [0.25, 0.3) is 0 Å². The summed E-state index contributed by atoms with van der Waals surface area (Å²) in [6.07, 6.45) is 0. The van der Waals surface area contributed by atoms with Gasteiger partial charge in [0, 0.05) is 7.05 Å². The minimum absolute atomic E-state index is 0.815. The van der Waals surface area contributed by atoms with Crippen molar-refractivity contribution in [2.75, 3.05) is 18.1 Å². The van der Waals surface area contributed by atoms with Crippen LogP contribution in [0.3, 0.4) is 0 Å². The standard InChI is InChI=1S/C9H14N2/c1-6-4-5-8(10)9(11-3)7(6)2/h4-5,11H,10H2,1-3H3. The Balaban J connectivity index is 3.29. The lowest BCUT2D eigenvalue weighted by Crippen LogP contribution is -1.99. The average molecular weight is 150 g/mol. The van der Waals surface area contributed by atoms with E-state index in [1.807, 2.05) is 19.2 Å². The SMILES string of the molecule is CNc1c(N)ccc(C)c1C. The number of nitrogen functional groups attached to an aromatic ring is 1. The predicted molar refractivity (Wildman–Crippen MR) is 49.9 cm³/mol. The highest BCUT2D eigenvalue weighted by molar-refractivity contribution is 5.71. The Morgan fingerprint density at radius 3 is 2.36 bits per heavy atom. The largest absolute Gasteiger partial charge is 0.397 e. The van der Waals surface area contributed by atoms with E-state index < -0.39 is 0 Å². The van der Waals surface area contributed by atoms with Gasteiger partial charge in [0.1, 0.15) is 0 Å². The Bertz CT molecular complexity index is 267. The van der Waals surface area contributed by atoms with Crippen LogP contribution < -0.4 is 11.1 Å². The van der Waals surface area contributed by atoms with Crippen LogP contribution in [-0.2, 0) is 0 Å². The number of benzene rings is 1. The second-order valence-electron chi connectivity index (χ2n) is 2.72. The minimum Gasteiger partial charge on any atom is -0.397 e. The van der Waals surface area contributed by atoms with Gasteiger partial charge in [-0.3, -0.25) is 0 Å². The van der Waals surface area contributed by atoms with Gasteiger partial charge in [0.2, 0.25) is 0 Å². The summed E-state index contributed by atoms with van der Waals surface area (Å²) in [4.78, 5) is 0. The van der Waals surface area contributed by atoms with E-state index in [1.54, 1.807) is 0 Å². The Labute approximate surface area is 67.4 Å². The number of rotatable bonds is 1. The molecule has 0 aliphatic carbocycles. The number of aryl methyl sites for hydroxylation is 1. The number of anilines is 2. The van der Waals surface area contributed by atoms with Gasteiger partial charge >= 0.3 is 0 Å². The molecule has 0 atom stereocenters. The first-order valence-corrected chi connectivity index (χ1v) is 3.70. The normalized spacial score (nSPS) is 9.73. The molecule has 0 unspecified atom stereocenters. The molecule has 60 valence electrons. The number of nitrogens with one attached hydrogen (secondary N) is 1. The Hall–Kier alpha value is -1.18. The fourth-order valence-electron chi connectivity index (χ4n) is 1.17. The summed E-state index contributed by atoms with van der Waals surface area (Å²) >= 11 is 0. The maximum absolute atomic E-state index is 5.74. The molecule has 0 spiro atoms. The van der Waals surface area contributed by atoms with E-state index >= 15 is 0 Å². The maximum atomic E-state index is 5.74. The van der Waals surface area contributed by atoms with Crippen LogP contribution in [0.5, 0.6) is 0 Å². The highest BCUT2D eigenvalue weighted by Gasteiger charge is 2.01. The molecule has 0 saturated carbocycles. The van der Waals surface area contributed by atoms with Gasteiger partial charge in [-0.15, -0.1) is 0 Å². The van der Waals surface area contributed by atoms with Crippen molar-refractivity contribution in [1.29, 1.82) is 0 Å². The van der Waals surface area contributed by atoms with E-state index in [0.29, 0.717) is 0 Å². The minimum atomic E-state index is 0.815. The van der Waals surface area contributed by atoms with Crippen molar-refractivity contribution in [1.82, 2.24) is 0 Å². The summed E-state index contributed by atoms with van der Waals surface area (Å²) in [6.45, 7) is 4.15. The predicted octanol–water partition coefficient (Wildman–Crippen LogP) is 1.93. The third-order valence-electron chi connectivity index (χ3n) is 2.02. The molecular weight excluding hydrogens is 136 g/mol. The highest BCUT2D eigenvalue weighted by atomic mass is 14.9. The summed E-state index contributed by atoms with van der Waals surface area (Å²) in [5, 5.41) is 3.08. The average Bonchev–Trinajstić information content (AvgIpc) is 1.99. The van der Waals surface area contributed by atoms with Crippen molar-refractivity contribution in [2.24, 2.45) is 0 Å². The van der Waals surface area contributed by atoms with E-state index in [9.17, 15) is 0 Å². The molecule has 0 bridgehead atoms. The van der Waals surface area contributed by atoms with Gasteiger partial charge in [-0.05, 0) is 31.0 Å². The molecule has 1 aromatic carbocycles. The summed E-state index contributed by atoms with van der Waals surface area (Å²) in [5.41, 5.74) is 10.1. The van der Waals surface area contributed by atoms with E-state index in [4.69, 9.17) is 5.73 Å². The quantitative estimate of drug-likeness (QED) is 0.600. The van der Waals surface area contributed by atoms with E-state index in [-0.39, 0.29) is 0 Å². The Morgan fingerprint density at radius 2 is 1.91 bits per heavy atom. The van der Waals surface area contributed by atoms with Gasteiger partial charge in [0.25, 0.3) is 0 Å². The van der Waals surface area contributed by atoms with Gasteiger partial charge < -0.3 is 11.1 Å². The van der Waals surface area contributed by atoms with Gasteiger partial charge in [-0.2, -0.15) is 0 Å². The van der Waals surface area contributed by atoms with Crippen LogP contribution in [-0.4, -0.2) is 7.05 Å². The molecule has 0 aromatic heterocycles. The second-order valence-corrected chi connectivity index (χ2v) is 2.72. The van der Waals surface area contributed by atoms with Crippen LogP contribution in [0.4, 0.5) is 11.4 Å². The molecule has 0 aliphatic heterocycles. The lowest BCUT2D eigenvalue weighted by Gasteiger charge is -2.10.